The predicted molar refractivity (Wildman–Crippen MR) is 89.8 cm³/mol. The molecular formula is C16H18N4O8. The lowest BCUT2D eigenvalue weighted by Gasteiger charge is -2.23. The highest BCUT2D eigenvalue weighted by Gasteiger charge is 2.51. The summed E-state index contributed by atoms with van der Waals surface area (Å²) in [6.45, 7) is 3.36. The second kappa shape index (κ2) is 7.76. The third-order valence-electron chi connectivity index (χ3n) is 3.98. The van der Waals surface area contributed by atoms with Crippen LogP contribution in [0.15, 0.2) is 17.4 Å². The number of aromatic nitrogens is 4. The van der Waals surface area contributed by atoms with Gasteiger partial charge >= 0.3 is 17.9 Å². The van der Waals surface area contributed by atoms with Gasteiger partial charge in [-0.25, -0.2) is 9.97 Å². The largest absolute Gasteiger partial charge is 0.463 e. The Balaban J connectivity index is 2.02. The highest BCUT2D eigenvalue weighted by atomic mass is 16.7. The van der Waals surface area contributed by atoms with E-state index in [2.05, 4.69) is 15.0 Å². The number of carbonyl (C=O) groups is 3. The second-order valence-electron chi connectivity index (χ2n) is 6.07. The van der Waals surface area contributed by atoms with E-state index in [9.17, 15) is 19.2 Å². The first kappa shape index (κ1) is 19.5. The molecule has 12 nitrogen and oxygen atoms in total. The van der Waals surface area contributed by atoms with Gasteiger partial charge in [0.1, 0.15) is 12.7 Å². The number of hydrogen-bond donors (Lipinski definition) is 1. The molecule has 1 aliphatic heterocycles. The first-order valence-electron chi connectivity index (χ1n) is 8.31. The molecule has 1 fully saturated rings. The lowest BCUT2D eigenvalue weighted by atomic mass is 10.1. The minimum absolute atomic E-state index is 0.0557. The third-order valence-corrected chi connectivity index (χ3v) is 3.98. The Morgan fingerprint density at radius 1 is 1.11 bits per heavy atom. The van der Waals surface area contributed by atoms with Crippen LogP contribution in [0.4, 0.5) is 0 Å². The summed E-state index contributed by atoms with van der Waals surface area (Å²) in [5.41, 5.74) is -0.223. The van der Waals surface area contributed by atoms with E-state index in [0.29, 0.717) is 0 Å². The van der Waals surface area contributed by atoms with Crippen LogP contribution in [0.25, 0.3) is 11.2 Å². The molecule has 1 N–H and O–H groups in total. The first-order chi connectivity index (χ1) is 13.3. The molecule has 0 amide bonds. The zero-order valence-electron chi connectivity index (χ0n) is 15.3. The van der Waals surface area contributed by atoms with Gasteiger partial charge in [0.25, 0.3) is 5.56 Å². The molecule has 2 aromatic heterocycles. The van der Waals surface area contributed by atoms with Crippen molar-refractivity contribution in [1.82, 2.24) is 19.5 Å². The minimum atomic E-state index is -1.08. The van der Waals surface area contributed by atoms with E-state index in [-0.39, 0.29) is 17.8 Å². The molecule has 1 saturated heterocycles. The van der Waals surface area contributed by atoms with Crippen LogP contribution >= 0.6 is 0 Å². The van der Waals surface area contributed by atoms with Crippen LogP contribution in [0.1, 0.15) is 27.0 Å². The molecule has 28 heavy (non-hydrogen) atoms. The number of fused-ring (bicyclic) bond motifs is 1. The summed E-state index contributed by atoms with van der Waals surface area (Å²) >= 11 is 0. The van der Waals surface area contributed by atoms with Crippen LogP contribution < -0.4 is 5.56 Å². The van der Waals surface area contributed by atoms with Gasteiger partial charge in [-0.05, 0) is 0 Å². The molecule has 3 rings (SSSR count). The average Bonchev–Trinajstić information content (AvgIpc) is 3.16. The van der Waals surface area contributed by atoms with Crippen LogP contribution in [0, 0.1) is 0 Å². The van der Waals surface area contributed by atoms with E-state index in [1.165, 1.54) is 38.0 Å². The van der Waals surface area contributed by atoms with Crippen LogP contribution in [-0.2, 0) is 33.3 Å². The fraction of sp³-hybridized carbons (Fsp3) is 0.500. The molecule has 150 valence electrons. The van der Waals surface area contributed by atoms with E-state index in [4.69, 9.17) is 18.9 Å². The van der Waals surface area contributed by atoms with Gasteiger partial charge in [-0.15, -0.1) is 0 Å². The number of hydrogen-bond acceptors (Lipinski definition) is 10. The Morgan fingerprint density at radius 2 is 1.79 bits per heavy atom. The first-order valence-corrected chi connectivity index (χ1v) is 8.31. The minimum Gasteiger partial charge on any atom is -0.463 e. The Labute approximate surface area is 157 Å². The lowest BCUT2D eigenvalue weighted by molar-refractivity contribution is -0.166. The standard InChI is InChI=1S/C16H18N4O8/c1-7(21)25-4-10-12(26-8(2)22)13(27-9(3)23)16(28-10)20-6-19-11-14(20)17-5-18-15(11)24/h5-6,10,12-13,16H,4H2,1-3H3,(H,17,18,24)/t10-,12-,13-,16-/m1/s1/i18+1. The summed E-state index contributed by atoms with van der Waals surface area (Å²) in [7, 11) is 0. The van der Waals surface area contributed by atoms with Gasteiger partial charge in [-0.2, -0.15) is 0 Å². The molecule has 0 unspecified atom stereocenters. The summed E-state index contributed by atoms with van der Waals surface area (Å²) < 4.78 is 22.8. The van der Waals surface area contributed by atoms with E-state index in [0.717, 1.165) is 0 Å². The highest BCUT2D eigenvalue weighted by Crippen LogP contribution is 2.35. The van der Waals surface area contributed by atoms with Crippen molar-refractivity contribution in [2.24, 2.45) is 0 Å². The van der Waals surface area contributed by atoms with Gasteiger partial charge in [-0.1, -0.05) is 0 Å². The Hall–Kier alpha value is -3.28. The summed E-state index contributed by atoms with van der Waals surface area (Å²) in [4.78, 5) is 56.8. The fourth-order valence-electron chi connectivity index (χ4n) is 2.97. The topological polar surface area (TPSA) is 152 Å². The number of H-pyrrole nitrogens is 1. The Morgan fingerprint density at radius 3 is 2.43 bits per heavy atom. The molecule has 2 aromatic rings. The maximum Gasteiger partial charge on any atom is 0.303 e. The number of nitrogens with zero attached hydrogens (tertiary/aromatic N) is 3. The summed E-state index contributed by atoms with van der Waals surface area (Å²) in [5.74, 6) is -1.83. The molecule has 0 bridgehead atoms. The van der Waals surface area contributed by atoms with E-state index in [1.807, 2.05) is 0 Å². The molecule has 0 saturated carbocycles. The van der Waals surface area contributed by atoms with Crippen molar-refractivity contribution in [1.29, 1.82) is 0 Å². The Bertz CT molecular complexity index is 967. The predicted octanol–water partition coefficient (Wildman–Crippen LogP) is -0.556. The number of nitrogens with one attached hydrogen (secondary N) is 1. The van der Waals surface area contributed by atoms with Gasteiger partial charge in [-0.3, -0.25) is 23.7 Å². The number of imidazole rings is 1. The van der Waals surface area contributed by atoms with Crippen LogP contribution in [0.5, 0.6) is 0 Å². The van der Waals surface area contributed by atoms with Crippen LogP contribution in [0.2, 0.25) is 0 Å². The quantitative estimate of drug-likeness (QED) is 0.515. The van der Waals surface area contributed by atoms with Crippen LogP contribution in [0.3, 0.4) is 0 Å². The molecule has 0 spiro atoms. The summed E-state index contributed by atoms with van der Waals surface area (Å²) in [6.07, 6.45) is -1.58. The molecular weight excluding hydrogens is 377 g/mol. The van der Waals surface area contributed by atoms with Crippen molar-refractivity contribution < 1.29 is 33.3 Å². The van der Waals surface area contributed by atoms with E-state index < -0.39 is 48.0 Å². The SMILES string of the molecule is CC(=O)OC[C@H]1O[C@@H](n2cnc3c(=O)[15nH]cnc32)[C@H](OC(C)=O)[C@@H]1OC(C)=O. The molecule has 12 heteroatoms. The highest BCUT2D eigenvalue weighted by molar-refractivity contribution is 5.70. The van der Waals surface area contributed by atoms with Crippen molar-refractivity contribution in [3.8, 4) is 0 Å². The number of esters is 3. The molecule has 0 radical (unpaired) electrons. The molecule has 0 aromatic carbocycles. The maximum atomic E-state index is 11.9. The zero-order valence-corrected chi connectivity index (χ0v) is 15.3. The van der Waals surface area contributed by atoms with E-state index >= 15 is 0 Å². The van der Waals surface area contributed by atoms with Gasteiger partial charge in [0.2, 0.25) is 0 Å². The maximum absolute atomic E-state index is 11.9. The number of ether oxygens (including phenoxy) is 4. The lowest BCUT2D eigenvalue weighted by Crippen LogP contribution is -2.40. The monoisotopic (exact) mass is 395 g/mol. The van der Waals surface area contributed by atoms with Crippen LogP contribution in [-0.4, -0.2) is 62.3 Å². The fourth-order valence-corrected chi connectivity index (χ4v) is 2.97. The summed E-state index contributed by atoms with van der Waals surface area (Å²) in [6, 6.07) is 0. The summed E-state index contributed by atoms with van der Waals surface area (Å²) in [5, 5.41) is 0. The number of rotatable bonds is 5. The van der Waals surface area contributed by atoms with Crippen molar-refractivity contribution >= 4 is 29.1 Å². The second-order valence-corrected chi connectivity index (χ2v) is 6.07. The average molecular weight is 395 g/mol. The number of carbonyl (C=O) groups excluding carboxylic acids is 3. The third kappa shape index (κ3) is 3.86. The van der Waals surface area contributed by atoms with Crippen molar-refractivity contribution in [2.45, 2.75) is 45.3 Å². The van der Waals surface area contributed by atoms with Gasteiger partial charge < -0.3 is 23.9 Å². The van der Waals surface area contributed by atoms with Crippen molar-refractivity contribution in [2.75, 3.05) is 6.61 Å². The van der Waals surface area contributed by atoms with Gasteiger partial charge in [0.05, 0.1) is 12.7 Å². The molecule has 3 heterocycles. The smallest absolute Gasteiger partial charge is 0.303 e. The van der Waals surface area contributed by atoms with Crippen molar-refractivity contribution in [3.63, 3.8) is 0 Å². The normalized spacial score (nSPS) is 24.1. The van der Waals surface area contributed by atoms with E-state index in [1.54, 1.807) is 0 Å². The van der Waals surface area contributed by atoms with Crippen molar-refractivity contribution in [3.05, 3.63) is 23.0 Å². The molecule has 4 atom stereocenters. The molecule has 0 aliphatic carbocycles. The Kier molecular flexibility index (Phi) is 5.40. The number of aromatic amines is 1. The van der Waals surface area contributed by atoms with Gasteiger partial charge in [0.15, 0.2) is 29.6 Å². The van der Waals surface area contributed by atoms with Gasteiger partial charge in [0, 0.05) is 20.8 Å². The molecule has 1 aliphatic rings. The zero-order chi connectivity index (χ0) is 20.4.